The summed E-state index contributed by atoms with van der Waals surface area (Å²) in [5.74, 6) is 0.290. The van der Waals surface area contributed by atoms with E-state index in [-0.39, 0.29) is 5.56 Å². The van der Waals surface area contributed by atoms with E-state index in [9.17, 15) is 4.39 Å². The molecule has 17 heavy (non-hydrogen) atoms. The third-order valence-corrected chi connectivity index (χ3v) is 3.39. The number of hydrogen-bond donors (Lipinski definition) is 0. The molecule has 0 amide bonds. The van der Waals surface area contributed by atoms with Crippen LogP contribution in [0.5, 0.6) is 5.75 Å². The lowest BCUT2D eigenvalue weighted by molar-refractivity contribution is 0.251. The Bertz CT molecular complexity index is 449. The number of halogens is 2. The predicted octanol–water partition coefficient (Wildman–Crippen LogP) is 3.92. The van der Waals surface area contributed by atoms with E-state index in [4.69, 9.17) is 21.6 Å². The van der Waals surface area contributed by atoms with E-state index in [1.54, 1.807) is 6.07 Å². The molecule has 1 aliphatic rings. The molecule has 0 saturated heterocycles. The number of nitrogens with zero attached hydrogens (tertiary/aromatic N) is 1. The highest BCUT2D eigenvalue weighted by atomic mass is 35.5. The van der Waals surface area contributed by atoms with Crippen LogP contribution in [-0.4, -0.2) is 6.61 Å². The van der Waals surface area contributed by atoms with Crippen LogP contribution < -0.4 is 4.74 Å². The lowest BCUT2D eigenvalue weighted by atomic mass is 10.1. The summed E-state index contributed by atoms with van der Waals surface area (Å²) in [5, 5.41) is 8.94. The van der Waals surface area contributed by atoms with Gasteiger partial charge in [0.1, 0.15) is 17.6 Å². The summed E-state index contributed by atoms with van der Waals surface area (Å²) in [7, 11) is 0. The largest absolute Gasteiger partial charge is 0.492 e. The van der Waals surface area contributed by atoms with Crippen molar-refractivity contribution in [2.45, 2.75) is 25.7 Å². The van der Waals surface area contributed by atoms with Gasteiger partial charge in [-0.1, -0.05) is 24.4 Å². The highest BCUT2D eigenvalue weighted by molar-refractivity contribution is 6.32. The van der Waals surface area contributed by atoms with Gasteiger partial charge in [0.2, 0.25) is 0 Å². The van der Waals surface area contributed by atoms with Crippen molar-refractivity contribution in [3.63, 3.8) is 0 Å². The van der Waals surface area contributed by atoms with Crippen LogP contribution in [0.3, 0.4) is 0 Å². The van der Waals surface area contributed by atoms with Crippen LogP contribution in [-0.2, 0) is 0 Å². The maximum absolute atomic E-state index is 13.4. The van der Waals surface area contributed by atoms with Crippen molar-refractivity contribution < 1.29 is 9.13 Å². The summed E-state index contributed by atoms with van der Waals surface area (Å²) in [4.78, 5) is 0. The maximum atomic E-state index is 13.4. The van der Waals surface area contributed by atoms with Crippen LogP contribution >= 0.6 is 11.6 Å². The van der Waals surface area contributed by atoms with Crippen LogP contribution in [0.2, 0.25) is 5.02 Å². The van der Waals surface area contributed by atoms with Crippen molar-refractivity contribution in [3.8, 4) is 11.8 Å². The monoisotopic (exact) mass is 253 g/mol. The zero-order chi connectivity index (χ0) is 12.3. The van der Waals surface area contributed by atoms with E-state index < -0.39 is 5.82 Å². The SMILES string of the molecule is N#Cc1cc(Cl)c(OCC2CCCC2)cc1F. The highest BCUT2D eigenvalue weighted by Crippen LogP contribution is 2.30. The molecule has 2 nitrogen and oxygen atoms in total. The predicted molar refractivity (Wildman–Crippen MR) is 63.6 cm³/mol. The number of ether oxygens (including phenoxy) is 1. The Kier molecular flexibility index (Phi) is 3.86. The van der Waals surface area contributed by atoms with Gasteiger partial charge in [0, 0.05) is 6.07 Å². The summed E-state index contributed by atoms with van der Waals surface area (Å²) in [5.41, 5.74) is -0.0526. The first-order valence-electron chi connectivity index (χ1n) is 5.72. The highest BCUT2D eigenvalue weighted by Gasteiger charge is 2.17. The second kappa shape index (κ2) is 5.37. The molecule has 0 N–H and O–H groups in total. The molecule has 2 rings (SSSR count). The second-order valence-corrected chi connectivity index (χ2v) is 4.74. The van der Waals surface area contributed by atoms with E-state index >= 15 is 0 Å². The Balaban J connectivity index is 2.05. The van der Waals surface area contributed by atoms with Crippen molar-refractivity contribution in [3.05, 3.63) is 28.5 Å². The minimum Gasteiger partial charge on any atom is -0.492 e. The fraction of sp³-hybridized carbons (Fsp3) is 0.462. The Morgan fingerprint density at radius 1 is 1.41 bits per heavy atom. The number of nitriles is 1. The van der Waals surface area contributed by atoms with Crippen molar-refractivity contribution >= 4 is 11.6 Å². The molecule has 1 aromatic rings. The molecule has 0 unspecified atom stereocenters. The molecular weight excluding hydrogens is 241 g/mol. The molecule has 90 valence electrons. The normalized spacial score (nSPS) is 15.8. The van der Waals surface area contributed by atoms with E-state index in [0.717, 1.165) is 12.8 Å². The molecule has 0 aromatic heterocycles. The van der Waals surface area contributed by atoms with E-state index in [0.29, 0.717) is 23.3 Å². The molecule has 1 aromatic carbocycles. The van der Waals surface area contributed by atoms with Crippen LogP contribution in [0, 0.1) is 23.1 Å². The molecule has 0 aliphatic heterocycles. The summed E-state index contributed by atoms with van der Waals surface area (Å²) < 4.78 is 18.9. The van der Waals surface area contributed by atoms with E-state index in [1.165, 1.54) is 25.0 Å². The standard InChI is InChI=1S/C13H13ClFNO/c14-11-5-10(7-16)12(15)6-13(11)17-8-9-3-1-2-4-9/h5-6,9H,1-4,8H2. The lowest BCUT2D eigenvalue weighted by Gasteiger charge is -2.12. The smallest absolute Gasteiger partial charge is 0.144 e. The third-order valence-electron chi connectivity index (χ3n) is 3.09. The van der Waals surface area contributed by atoms with Crippen LogP contribution in [0.1, 0.15) is 31.2 Å². The van der Waals surface area contributed by atoms with Gasteiger partial charge >= 0.3 is 0 Å². The minimum atomic E-state index is -0.585. The van der Waals surface area contributed by atoms with Gasteiger partial charge in [-0.3, -0.25) is 0 Å². The van der Waals surface area contributed by atoms with Gasteiger partial charge in [-0.05, 0) is 24.8 Å². The summed E-state index contributed by atoms with van der Waals surface area (Å²) in [6.07, 6.45) is 4.81. The van der Waals surface area contributed by atoms with Gasteiger partial charge in [0.05, 0.1) is 17.2 Å². The summed E-state index contributed by atoms with van der Waals surface area (Å²) in [6, 6.07) is 4.24. The average molecular weight is 254 g/mol. The van der Waals surface area contributed by atoms with E-state index in [2.05, 4.69) is 0 Å². The molecule has 1 fully saturated rings. The fourth-order valence-electron chi connectivity index (χ4n) is 2.11. The van der Waals surface area contributed by atoms with Gasteiger partial charge in [-0.25, -0.2) is 4.39 Å². The second-order valence-electron chi connectivity index (χ2n) is 4.34. The Morgan fingerprint density at radius 2 is 2.12 bits per heavy atom. The maximum Gasteiger partial charge on any atom is 0.144 e. The zero-order valence-corrected chi connectivity index (χ0v) is 10.1. The van der Waals surface area contributed by atoms with Gasteiger partial charge in [0.25, 0.3) is 0 Å². The van der Waals surface area contributed by atoms with Gasteiger partial charge in [-0.2, -0.15) is 5.26 Å². The van der Waals surface area contributed by atoms with Crippen LogP contribution in [0.15, 0.2) is 12.1 Å². The Morgan fingerprint density at radius 3 is 2.76 bits per heavy atom. The molecular formula is C13H13ClFNO. The Labute approximate surface area is 105 Å². The van der Waals surface area contributed by atoms with Crippen molar-refractivity contribution in [1.82, 2.24) is 0 Å². The average Bonchev–Trinajstić information content (AvgIpc) is 2.82. The molecule has 0 bridgehead atoms. The quantitative estimate of drug-likeness (QED) is 0.818. The molecule has 0 atom stereocenters. The van der Waals surface area contributed by atoms with E-state index in [1.807, 2.05) is 0 Å². The van der Waals surface area contributed by atoms with Crippen molar-refractivity contribution in [2.24, 2.45) is 5.92 Å². The first kappa shape index (κ1) is 12.2. The molecule has 0 radical (unpaired) electrons. The topological polar surface area (TPSA) is 33.0 Å². The fourth-order valence-corrected chi connectivity index (χ4v) is 2.33. The number of benzene rings is 1. The molecule has 1 aliphatic carbocycles. The number of hydrogen-bond acceptors (Lipinski definition) is 2. The molecule has 0 heterocycles. The summed E-state index contributed by atoms with van der Waals surface area (Å²) >= 11 is 5.92. The zero-order valence-electron chi connectivity index (χ0n) is 9.38. The van der Waals surface area contributed by atoms with Crippen molar-refractivity contribution in [1.29, 1.82) is 5.26 Å². The van der Waals surface area contributed by atoms with Gasteiger partial charge < -0.3 is 4.74 Å². The lowest BCUT2D eigenvalue weighted by Crippen LogP contribution is -2.08. The third kappa shape index (κ3) is 2.89. The van der Waals surface area contributed by atoms with Crippen molar-refractivity contribution in [2.75, 3.05) is 6.61 Å². The number of rotatable bonds is 3. The first-order chi connectivity index (χ1) is 8.20. The molecule has 4 heteroatoms. The minimum absolute atomic E-state index is 0.0526. The van der Waals surface area contributed by atoms with Gasteiger partial charge in [-0.15, -0.1) is 0 Å². The molecule has 0 spiro atoms. The summed E-state index contributed by atoms with van der Waals surface area (Å²) in [6.45, 7) is 0.574. The molecule has 1 saturated carbocycles. The van der Waals surface area contributed by atoms with Crippen LogP contribution in [0.4, 0.5) is 4.39 Å². The van der Waals surface area contributed by atoms with Gasteiger partial charge in [0.15, 0.2) is 0 Å². The van der Waals surface area contributed by atoms with Crippen LogP contribution in [0.25, 0.3) is 0 Å². The first-order valence-corrected chi connectivity index (χ1v) is 6.10. The Hall–Kier alpha value is -1.27.